The van der Waals surface area contributed by atoms with Crippen molar-refractivity contribution in [3.05, 3.63) is 29.8 Å². The van der Waals surface area contributed by atoms with Crippen LogP contribution in [0.3, 0.4) is 0 Å². The van der Waals surface area contributed by atoms with Gasteiger partial charge in [0.1, 0.15) is 0 Å². The minimum Gasteiger partial charge on any atom is -0.356 e. The van der Waals surface area contributed by atoms with Gasteiger partial charge in [0.15, 0.2) is 0 Å². The maximum Gasteiger partial charge on any atom is 0.228 e. The van der Waals surface area contributed by atoms with Crippen molar-refractivity contribution in [3.8, 4) is 0 Å². The number of rotatable bonds is 7. The van der Waals surface area contributed by atoms with Crippen molar-refractivity contribution in [1.29, 1.82) is 0 Å². The molecule has 2 rings (SSSR count). The van der Waals surface area contributed by atoms with Crippen molar-refractivity contribution in [2.75, 3.05) is 29.5 Å². The molecule has 1 aliphatic rings. The molecule has 2 amide bonds. The third-order valence-corrected chi connectivity index (χ3v) is 4.65. The SMILES string of the molecule is CCSCCC(=O)NCCC(=O)N1CCCc2ccccc21. The summed E-state index contributed by atoms with van der Waals surface area (Å²) in [5, 5.41) is 2.84. The summed E-state index contributed by atoms with van der Waals surface area (Å²) in [7, 11) is 0. The first-order valence-corrected chi connectivity index (χ1v) is 9.10. The molecule has 0 aliphatic carbocycles. The second-order valence-electron chi connectivity index (χ2n) is 5.32. The van der Waals surface area contributed by atoms with Crippen molar-refractivity contribution >= 4 is 29.3 Å². The number of thioether (sulfide) groups is 1. The topological polar surface area (TPSA) is 49.4 Å². The van der Waals surface area contributed by atoms with Gasteiger partial charge >= 0.3 is 0 Å². The largest absolute Gasteiger partial charge is 0.356 e. The third-order valence-electron chi connectivity index (χ3n) is 3.75. The van der Waals surface area contributed by atoms with E-state index < -0.39 is 0 Å². The summed E-state index contributed by atoms with van der Waals surface area (Å²) < 4.78 is 0. The number of fused-ring (bicyclic) bond motifs is 1. The Morgan fingerprint density at radius 2 is 2.09 bits per heavy atom. The molecule has 0 radical (unpaired) electrons. The van der Waals surface area contributed by atoms with Gasteiger partial charge in [0.05, 0.1) is 0 Å². The van der Waals surface area contributed by atoms with E-state index in [1.165, 1.54) is 5.56 Å². The van der Waals surface area contributed by atoms with E-state index >= 15 is 0 Å². The molecule has 0 spiro atoms. The molecule has 0 saturated heterocycles. The Morgan fingerprint density at radius 3 is 2.91 bits per heavy atom. The van der Waals surface area contributed by atoms with Crippen molar-refractivity contribution in [3.63, 3.8) is 0 Å². The van der Waals surface area contributed by atoms with Crippen LogP contribution in [0.25, 0.3) is 0 Å². The summed E-state index contributed by atoms with van der Waals surface area (Å²) in [6, 6.07) is 8.08. The van der Waals surface area contributed by atoms with Gasteiger partial charge in [0.25, 0.3) is 0 Å². The van der Waals surface area contributed by atoms with Crippen molar-refractivity contribution in [1.82, 2.24) is 5.32 Å². The maximum atomic E-state index is 12.4. The lowest BCUT2D eigenvalue weighted by Gasteiger charge is -2.29. The third kappa shape index (κ3) is 4.77. The van der Waals surface area contributed by atoms with Crippen LogP contribution >= 0.6 is 11.8 Å². The van der Waals surface area contributed by atoms with Gasteiger partial charge in [-0.2, -0.15) is 11.8 Å². The summed E-state index contributed by atoms with van der Waals surface area (Å²) in [5.41, 5.74) is 2.27. The van der Waals surface area contributed by atoms with Crippen LogP contribution in [-0.4, -0.2) is 36.4 Å². The van der Waals surface area contributed by atoms with E-state index in [0.29, 0.717) is 19.4 Å². The number of para-hydroxylation sites is 1. The van der Waals surface area contributed by atoms with E-state index in [2.05, 4.69) is 18.3 Å². The average molecular weight is 320 g/mol. The molecule has 1 aromatic rings. The lowest BCUT2D eigenvalue weighted by atomic mass is 10.0. The lowest BCUT2D eigenvalue weighted by molar-refractivity contribution is -0.121. The van der Waals surface area contributed by atoms with E-state index in [1.807, 2.05) is 23.1 Å². The summed E-state index contributed by atoms with van der Waals surface area (Å²) in [5.74, 6) is 2.00. The number of amides is 2. The molecule has 1 aliphatic heterocycles. The van der Waals surface area contributed by atoms with Gasteiger partial charge in [0, 0.05) is 37.4 Å². The fraction of sp³-hybridized carbons (Fsp3) is 0.529. The average Bonchev–Trinajstić information content (AvgIpc) is 2.54. The fourth-order valence-electron chi connectivity index (χ4n) is 2.63. The molecule has 1 aromatic carbocycles. The zero-order chi connectivity index (χ0) is 15.8. The number of carbonyl (C=O) groups excluding carboxylic acids is 2. The van der Waals surface area contributed by atoms with Gasteiger partial charge in [0.2, 0.25) is 11.8 Å². The number of hydrogen-bond donors (Lipinski definition) is 1. The Labute approximate surface area is 136 Å². The van der Waals surface area contributed by atoms with Gasteiger partial charge in [-0.05, 0) is 30.2 Å². The van der Waals surface area contributed by atoms with Gasteiger partial charge in [-0.1, -0.05) is 25.1 Å². The van der Waals surface area contributed by atoms with Crippen LogP contribution < -0.4 is 10.2 Å². The zero-order valence-electron chi connectivity index (χ0n) is 13.1. The number of carbonyl (C=O) groups is 2. The molecule has 4 nitrogen and oxygen atoms in total. The van der Waals surface area contributed by atoms with Crippen molar-refractivity contribution in [2.45, 2.75) is 32.6 Å². The Kier molecular flexibility index (Phi) is 6.77. The van der Waals surface area contributed by atoms with Crippen LogP contribution in [-0.2, 0) is 16.0 Å². The highest BCUT2D eigenvalue weighted by molar-refractivity contribution is 7.99. The molecular weight excluding hydrogens is 296 g/mol. The first-order chi connectivity index (χ1) is 10.7. The number of aryl methyl sites for hydroxylation is 1. The summed E-state index contributed by atoms with van der Waals surface area (Å²) >= 11 is 1.76. The van der Waals surface area contributed by atoms with Crippen molar-refractivity contribution < 1.29 is 9.59 Å². The Hall–Kier alpha value is -1.49. The van der Waals surface area contributed by atoms with Gasteiger partial charge < -0.3 is 10.2 Å². The molecule has 1 heterocycles. The molecule has 0 atom stereocenters. The maximum absolute atomic E-state index is 12.4. The first kappa shape index (κ1) is 16.9. The van der Waals surface area contributed by atoms with Crippen LogP contribution in [0, 0.1) is 0 Å². The number of hydrogen-bond acceptors (Lipinski definition) is 3. The van der Waals surface area contributed by atoms with E-state index in [9.17, 15) is 9.59 Å². The molecule has 0 bridgehead atoms. The monoisotopic (exact) mass is 320 g/mol. The Balaban J connectivity index is 1.78. The first-order valence-electron chi connectivity index (χ1n) is 7.95. The Bertz CT molecular complexity index is 519. The van der Waals surface area contributed by atoms with E-state index in [1.54, 1.807) is 11.8 Å². The van der Waals surface area contributed by atoms with Crippen LogP contribution in [0.4, 0.5) is 5.69 Å². The van der Waals surface area contributed by atoms with Crippen LogP contribution in [0.1, 0.15) is 31.7 Å². The van der Waals surface area contributed by atoms with Crippen LogP contribution in [0.15, 0.2) is 24.3 Å². The molecule has 1 N–H and O–H groups in total. The minimum atomic E-state index is 0.0350. The molecular formula is C17H24N2O2S. The number of anilines is 1. The summed E-state index contributed by atoms with van der Waals surface area (Å²) in [4.78, 5) is 25.9. The molecule has 5 heteroatoms. The Morgan fingerprint density at radius 1 is 1.27 bits per heavy atom. The summed E-state index contributed by atoms with van der Waals surface area (Å²) in [6.45, 7) is 3.28. The van der Waals surface area contributed by atoms with Gasteiger partial charge in [-0.15, -0.1) is 0 Å². The molecule has 0 aromatic heterocycles. The second kappa shape index (κ2) is 8.83. The van der Waals surface area contributed by atoms with E-state index in [-0.39, 0.29) is 11.8 Å². The van der Waals surface area contributed by atoms with E-state index in [4.69, 9.17) is 0 Å². The molecule has 0 unspecified atom stereocenters. The normalized spacial score (nSPS) is 13.6. The van der Waals surface area contributed by atoms with Crippen LogP contribution in [0.2, 0.25) is 0 Å². The quantitative estimate of drug-likeness (QED) is 0.786. The zero-order valence-corrected chi connectivity index (χ0v) is 14.0. The predicted molar refractivity (Wildman–Crippen MR) is 92.4 cm³/mol. The highest BCUT2D eigenvalue weighted by atomic mass is 32.2. The van der Waals surface area contributed by atoms with E-state index in [0.717, 1.165) is 36.6 Å². The van der Waals surface area contributed by atoms with Gasteiger partial charge in [-0.3, -0.25) is 9.59 Å². The smallest absolute Gasteiger partial charge is 0.228 e. The minimum absolute atomic E-state index is 0.0350. The van der Waals surface area contributed by atoms with Gasteiger partial charge in [-0.25, -0.2) is 0 Å². The number of nitrogens with one attached hydrogen (secondary N) is 1. The predicted octanol–water partition coefficient (Wildman–Crippen LogP) is 2.62. The molecule has 120 valence electrons. The lowest BCUT2D eigenvalue weighted by Crippen LogP contribution is -2.37. The fourth-order valence-corrected chi connectivity index (χ4v) is 3.25. The van der Waals surface area contributed by atoms with Crippen molar-refractivity contribution in [2.24, 2.45) is 0 Å². The highest BCUT2D eigenvalue weighted by Gasteiger charge is 2.21. The standard InChI is InChI=1S/C17H24N2O2S/c1-2-22-13-10-16(20)18-11-9-17(21)19-12-5-7-14-6-3-4-8-15(14)19/h3-4,6,8H,2,5,7,9-13H2,1H3,(H,18,20). The second-order valence-corrected chi connectivity index (χ2v) is 6.72. The molecule has 22 heavy (non-hydrogen) atoms. The molecule has 0 fully saturated rings. The number of benzene rings is 1. The summed E-state index contributed by atoms with van der Waals surface area (Å²) in [6.07, 6.45) is 2.93. The van der Waals surface area contributed by atoms with Crippen LogP contribution in [0.5, 0.6) is 0 Å². The number of nitrogens with zero attached hydrogens (tertiary/aromatic N) is 1. The molecule has 0 saturated carbocycles. The highest BCUT2D eigenvalue weighted by Crippen LogP contribution is 2.26.